The highest BCUT2D eigenvalue weighted by molar-refractivity contribution is 5.30. The van der Waals surface area contributed by atoms with Crippen molar-refractivity contribution in [2.24, 2.45) is 0 Å². The van der Waals surface area contributed by atoms with Crippen LogP contribution in [0.1, 0.15) is 11.1 Å². The first kappa shape index (κ1) is 14.2. The summed E-state index contributed by atoms with van der Waals surface area (Å²) in [6.07, 6.45) is -4.68. The third kappa shape index (κ3) is 4.50. The van der Waals surface area contributed by atoms with Gasteiger partial charge in [0, 0.05) is 0 Å². The smallest absolute Gasteiger partial charge is 0.489 e. The van der Waals surface area contributed by atoms with Crippen LogP contribution in [-0.2, 0) is 6.61 Å². The molecule has 2 nitrogen and oxygen atoms in total. The molecule has 0 amide bonds. The molecule has 0 saturated carbocycles. The van der Waals surface area contributed by atoms with E-state index in [0.717, 1.165) is 5.56 Å². The van der Waals surface area contributed by atoms with E-state index in [1.807, 2.05) is 25.1 Å². The molecule has 0 atom stereocenters. The number of rotatable bonds is 4. The van der Waals surface area contributed by atoms with Gasteiger partial charge in [-0.2, -0.15) is 0 Å². The van der Waals surface area contributed by atoms with Gasteiger partial charge in [-0.1, -0.05) is 24.3 Å². The van der Waals surface area contributed by atoms with E-state index < -0.39 is 6.36 Å². The van der Waals surface area contributed by atoms with Gasteiger partial charge in [-0.15, -0.1) is 13.2 Å². The molecule has 0 aliphatic rings. The van der Waals surface area contributed by atoms with Crippen molar-refractivity contribution in [1.82, 2.24) is 0 Å². The Hall–Kier alpha value is -2.17. The van der Waals surface area contributed by atoms with Crippen molar-refractivity contribution >= 4 is 0 Å². The lowest BCUT2D eigenvalue weighted by Gasteiger charge is -2.11. The average molecular weight is 282 g/mol. The minimum atomic E-state index is -4.68. The molecule has 0 aliphatic heterocycles. The van der Waals surface area contributed by atoms with Crippen molar-refractivity contribution in [1.29, 1.82) is 0 Å². The largest absolute Gasteiger partial charge is 0.573 e. The second-order valence-corrected chi connectivity index (χ2v) is 4.30. The number of halogens is 3. The fourth-order valence-corrected chi connectivity index (χ4v) is 1.70. The summed E-state index contributed by atoms with van der Waals surface area (Å²) in [5, 5.41) is 0. The lowest BCUT2D eigenvalue weighted by Crippen LogP contribution is -2.17. The Morgan fingerprint density at radius 3 is 2.35 bits per heavy atom. The number of alkyl halides is 3. The van der Waals surface area contributed by atoms with Gasteiger partial charge in [-0.3, -0.25) is 0 Å². The number of benzene rings is 2. The SMILES string of the molecule is Cc1cccc(OCc2cccc(OC(F)(F)F)c2)c1. The van der Waals surface area contributed by atoms with E-state index in [4.69, 9.17) is 4.74 Å². The first-order valence-electron chi connectivity index (χ1n) is 5.96. The molecule has 0 radical (unpaired) electrons. The maximum absolute atomic E-state index is 12.1. The van der Waals surface area contributed by atoms with Crippen LogP contribution in [0.25, 0.3) is 0 Å². The maximum Gasteiger partial charge on any atom is 0.573 e. The fraction of sp³-hybridized carbons (Fsp3) is 0.200. The van der Waals surface area contributed by atoms with Gasteiger partial charge >= 0.3 is 6.36 Å². The van der Waals surface area contributed by atoms with Gasteiger partial charge in [0.05, 0.1) is 0 Å². The predicted molar refractivity (Wildman–Crippen MR) is 68.6 cm³/mol. The van der Waals surface area contributed by atoms with Crippen LogP contribution in [0, 0.1) is 6.92 Å². The molecule has 0 heterocycles. The monoisotopic (exact) mass is 282 g/mol. The van der Waals surface area contributed by atoms with E-state index in [0.29, 0.717) is 11.3 Å². The van der Waals surface area contributed by atoms with Crippen LogP contribution in [0.15, 0.2) is 48.5 Å². The molecule has 0 N–H and O–H groups in total. The lowest BCUT2D eigenvalue weighted by atomic mass is 10.2. The van der Waals surface area contributed by atoms with E-state index >= 15 is 0 Å². The van der Waals surface area contributed by atoms with Gasteiger partial charge in [0.2, 0.25) is 0 Å². The van der Waals surface area contributed by atoms with E-state index in [2.05, 4.69) is 4.74 Å². The van der Waals surface area contributed by atoms with Crippen molar-refractivity contribution in [3.63, 3.8) is 0 Å². The first-order chi connectivity index (χ1) is 9.42. The van der Waals surface area contributed by atoms with Crippen LogP contribution in [0.4, 0.5) is 13.2 Å². The van der Waals surface area contributed by atoms with Crippen molar-refractivity contribution < 1.29 is 22.6 Å². The number of hydrogen-bond acceptors (Lipinski definition) is 2. The minimum absolute atomic E-state index is 0.179. The molecule has 0 aromatic heterocycles. The highest BCUT2D eigenvalue weighted by Gasteiger charge is 2.31. The Labute approximate surface area is 114 Å². The zero-order chi connectivity index (χ0) is 14.6. The van der Waals surface area contributed by atoms with Gasteiger partial charge in [0.15, 0.2) is 0 Å². The quantitative estimate of drug-likeness (QED) is 0.823. The van der Waals surface area contributed by atoms with Gasteiger partial charge in [-0.25, -0.2) is 0 Å². The number of hydrogen-bond donors (Lipinski definition) is 0. The van der Waals surface area contributed by atoms with Crippen molar-refractivity contribution in [2.45, 2.75) is 19.9 Å². The molecule has 2 aromatic rings. The van der Waals surface area contributed by atoms with Crippen LogP contribution >= 0.6 is 0 Å². The van der Waals surface area contributed by atoms with Gasteiger partial charge in [0.25, 0.3) is 0 Å². The average Bonchev–Trinajstić information content (AvgIpc) is 2.35. The van der Waals surface area contributed by atoms with Crippen molar-refractivity contribution in [3.05, 3.63) is 59.7 Å². The second kappa shape index (κ2) is 5.86. The zero-order valence-corrected chi connectivity index (χ0v) is 10.8. The zero-order valence-electron chi connectivity index (χ0n) is 10.8. The molecular weight excluding hydrogens is 269 g/mol. The molecule has 0 unspecified atom stereocenters. The molecule has 2 rings (SSSR count). The summed E-state index contributed by atoms with van der Waals surface area (Å²) in [7, 11) is 0. The Bertz CT molecular complexity index is 579. The molecule has 0 saturated heterocycles. The van der Waals surface area contributed by atoms with Crippen molar-refractivity contribution in [2.75, 3.05) is 0 Å². The van der Waals surface area contributed by atoms with Crippen LogP contribution in [-0.4, -0.2) is 6.36 Å². The first-order valence-corrected chi connectivity index (χ1v) is 5.96. The lowest BCUT2D eigenvalue weighted by molar-refractivity contribution is -0.274. The highest BCUT2D eigenvalue weighted by Crippen LogP contribution is 2.24. The normalized spacial score (nSPS) is 11.2. The van der Waals surface area contributed by atoms with Crippen molar-refractivity contribution in [3.8, 4) is 11.5 Å². The van der Waals surface area contributed by atoms with Gasteiger partial charge in [-0.05, 0) is 42.3 Å². The number of aryl methyl sites for hydroxylation is 1. The van der Waals surface area contributed by atoms with Crippen LogP contribution in [0.5, 0.6) is 11.5 Å². The third-order valence-electron chi connectivity index (χ3n) is 2.53. The molecule has 0 bridgehead atoms. The molecule has 2 aromatic carbocycles. The summed E-state index contributed by atoms with van der Waals surface area (Å²) < 4.78 is 45.7. The minimum Gasteiger partial charge on any atom is -0.489 e. The Morgan fingerprint density at radius 2 is 1.65 bits per heavy atom. The van der Waals surface area contributed by atoms with Crippen LogP contribution in [0.3, 0.4) is 0 Å². The summed E-state index contributed by atoms with van der Waals surface area (Å²) in [6, 6.07) is 13.2. The molecule has 5 heteroatoms. The summed E-state index contributed by atoms with van der Waals surface area (Å²) in [5.74, 6) is 0.426. The summed E-state index contributed by atoms with van der Waals surface area (Å²) in [4.78, 5) is 0. The molecule has 106 valence electrons. The standard InChI is InChI=1S/C15H13F3O2/c1-11-4-2-6-13(8-11)19-10-12-5-3-7-14(9-12)20-15(16,17)18/h2-9H,10H2,1H3. The van der Waals surface area contributed by atoms with Crippen LogP contribution < -0.4 is 9.47 Å². The van der Waals surface area contributed by atoms with E-state index in [-0.39, 0.29) is 12.4 Å². The maximum atomic E-state index is 12.1. The number of ether oxygens (including phenoxy) is 2. The Morgan fingerprint density at radius 1 is 0.950 bits per heavy atom. The third-order valence-corrected chi connectivity index (χ3v) is 2.53. The Kier molecular flexibility index (Phi) is 4.17. The summed E-state index contributed by atoms with van der Waals surface area (Å²) in [5.41, 5.74) is 1.66. The summed E-state index contributed by atoms with van der Waals surface area (Å²) in [6.45, 7) is 2.11. The highest BCUT2D eigenvalue weighted by atomic mass is 19.4. The van der Waals surface area contributed by atoms with Crippen LogP contribution in [0.2, 0.25) is 0 Å². The molecule has 0 spiro atoms. The van der Waals surface area contributed by atoms with E-state index in [9.17, 15) is 13.2 Å². The molecule has 0 fully saturated rings. The predicted octanol–water partition coefficient (Wildman–Crippen LogP) is 4.47. The van der Waals surface area contributed by atoms with Gasteiger partial charge < -0.3 is 9.47 Å². The van der Waals surface area contributed by atoms with E-state index in [1.165, 1.54) is 18.2 Å². The molecular formula is C15H13F3O2. The second-order valence-electron chi connectivity index (χ2n) is 4.30. The topological polar surface area (TPSA) is 18.5 Å². The van der Waals surface area contributed by atoms with E-state index in [1.54, 1.807) is 12.1 Å². The Balaban J connectivity index is 2.01. The fourth-order valence-electron chi connectivity index (χ4n) is 1.70. The van der Waals surface area contributed by atoms with Gasteiger partial charge in [0.1, 0.15) is 18.1 Å². The molecule has 20 heavy (non-hydrogen) atoms. The molecule has 0 aliphatic carbocycles. The summed E-state index contributed by atoms with van der Waals surface area (Å²) >= 11 is 0.